The highest BCUT2D eigenvalue weighted by molar-refractivity contribution is 6.04. The van der Waals surface area contributed by atoms with Crippen LogP contribution in [-0.4, -0.2) is 31.1 Å². The Morgan fingerprint density at radius 2 is 1.48 bits per heavy atom. The van der Waals surface area contributed by atoms with Crippen molar-refractivity contribution in [2.24, 2.45) is 0 Å². The zero-order valence-electron chi connectivity index (χ0n) is 17.0. The molecule has 0 amide bonds. The van der Waals surface area contributed by atoms with Crippen LogP contribution in [-0.2, 0) is 16.0 Å². The number of nitro groups is 1. The van der Waals surface area contributed by atoms with Gasteiger partial charge in [-0.2, -0.15) is 0 Å². The molecule has 0 atom stereocenters. The Hall–Kier alpha value is -4.20. The van der Waals surface area contributed by atoms with Crippen molar-refractivity contribution in [3.8, 4) is 0 Å². The first-order valence-corrected chi connectivity index (χ1v) is 9.31. The van der Waals surface area contributed by atoms with E-state index < -0.39 is 16.9 Å². The minimum atomic E-state index is -0.718. The Bertz CT molecular complexity index is 1110. The van der Waals surface area contributed by atoms with E-state index >= 15 is 0 Å². The van der Waals surface area contributed by atoms with Crippen LogP contribution in [0.2, 0.25) is 0 Å². The Labute approximate surface area is 178 Å². The maximum absolute atomic E-state index is 12.3. The molecule has 0 aliphatic carbocycles. The lowest BCUT2D eigenvalue weighted by molar-refractivity contribution is -0.384. The van der Waals surface area contributed by atoms with Gasteiger partial charge in [-0.1, -0.05) is 42.5 Å². The van der Waals surface area contributed by atoms with Crippen molar-refractivity contribution in [1.82, 2.24) is 0 Å². The van der Waals surface area contributed by atoms with Gasteiger partial charge in [0.2, 0.25) is 0 Å². The number of hydrogen-bond acceptors (Lipinski definition) is 7. The van der Waals surface area contributed by atoms with E-state index in [1.165, 1.54) is 32.4 Å². The number of methoxy groups -OCH3 is 2. The summed E-state index contributed by atoms with van der Waals surface area (Å²) in [5.41, 5.74) is 1.68. The minimum Gasteiger partial charge on any atom is -0.465 e. The van der Waals surface area contributed by atoms with Crippen molar-refractivity contribution in [2.75, 3.05) is 19.1 Å². The molecule has 0 aliphatic rings. The molecule has 158 valence electrons. The lowest BCUT2D eigenvalue weighted by Gasteiger charge is -2.25. The molecular weight excluding hydrogens is 400 g/mol. The van der Waals surface area contributed by atoms with Crippen LogP contribution >= 0.6 is 0 Å². The topological polar surface area (TPSA) is 99.0 Å². The average molecular weight is 420 g/mol. The number of carbonyl (C=O) groups is 2. The second-order valence-electron chi connectivity index (χ2n) is 6.53. The number of benzene rings is 3. The summed E-state index contributed by atoms with van der Waals surface area (Å²) in [4.78, 5) is 37.4. The summed E-state index contributed by atoms with van der Waals surface area (Å²) in [6.07, 6.45) is 0. The molecule has 0 spiro atoms. The third-order valence-corrected chi connectivity index (χ3v) is 4.68. The molecule has 3 aromatic rings. The molecule has 0 bridgehead atoms. The van der Waals surface area contributed by atoms with Gasteiger partial charge in [-0.15, -0.1) is 0 Å². The molecule has 0 saturated heterocycles. The number of para-hydroxylation sites is 2. The maximum atomic E-state index is 12.3. The minimum absolute atomic E-state index is 0.00324. The highest BCUT2D eigenvalue weighted by Crippen LogP contribution is 2.36. The summed E-state index contributed by atoms with van der Waals surface area (Å²) in [5, 5.41) is 11.7. The zero-order chi connectivity index (χ0) is 22.4. The molecule has 3 aromatic carbocycles. The molecule has 0 unspecified atom stereocenters. The SMILES string of the molecule is COC(=O)c1ccc(N(Cc2ccccc2)c2ccccc2[N+](=O)[O-])cc1C(=O)OC. The van der Waals surface area contributed by atoms with Crippen molar-refractivity contribution in [2.45, 2.75) is 6.54 Å². The molecule has 0 radical (unpaired) electrons. The Balaban J connectivity index is 2.19. The van der Waals surface area contributed by atoms with Gasteiger partial charge in [0.1, 0.15) is 5.69 Å². The number of hydrogen-bond donors (Lipinski definition) is 0. The van der Waals surface area contributed by atoms with E-state index in [0.717, 1.165) is 5.56 Å². The van der Waals surface area contributed by atoms with Crippen LogP contribution in [0.25, 0.3) is 0 Å². The number of anilines is 2. The molecule has 8 nitrogen and oxygen atoms in total. The van der Waals surface area contributed by atoms with Crippen LogP contribution in [0, 0.1) is 10.1 Å². The smallest absolute Gasteiger partial charge is 0.338 e. The van der Waals surface area contributed by atoms with Crippen molar-refractivity contribution in [1.29, 1.82) is 0 Å². The lowest BCUT2D eigenvalue weighted by atomic mass is 10.0. The first-order valence-electron chi connectivity index (χ1n) is 9.31. The van der Waals surface area contributed by atoms with E-state index in [1.54, 1.807) is 29.2 Å². The summed E-state index contributed by atoms with van der Waals surface area (Å²) in [5.74, 6) is -1.41. The molecule has 0 N–H and O–H groups in total. The lowest BCUT2D eigenvalue weighted by Crippen LogP contribution is -2.19. The first-order chi connectivity index (χ1) is 15.0. The molecule has 0 fully saturated rings. The Morgan fingerprint density at radius 1 is 0.871 bits per heavy atom. The Kier molecular flexibility index (Phi) is 6.61. The van der Waals surface area contributed by atoms with Gasteiger partial charge >= 0.3 is 11.9 Å². The van der Waals surface area contributed by atoms with E-state index in [4.69, 9.17) is 9.47 Å². The van der Waals surface area contributed by atoms with Gasteiger partial charge in [0.15, 0.2) is 0 Å². The molecule has 8 heteroatoms. The average Bonchev–Trinajstić information content (AvgIpc) is 2.81. The predicted octanol–water partition coefficient (Wildman–Crippen LogP) is 4.51. The molecule has 0 saturated carbocycles. The predicted molar refractivity (Wildman–Crippen MR) is 115 cm³/mol. The number of rotatable bonds is 7. The summed E-state index contributed by atoms with van der Waals surface area (Å²) in [6, 6.07) is 20.3. The second kappa shape index (κ2) is 9.53. The van der Waals surface area contributed by atoms with Gasteiger partial charge in [0.25, 0.3) is 5.69 Å². The van der Waals surface area contributed by atoms with Crippen molar-refractivity contribution in [3.05, 3.63) is 99.6 Å². The third kappa shape index (κ3) is 4.69. The van der Waals surface area contributed by atoms with Crippen LogP contribution in [0.1, 0.15) is 26.3 Å². The van der Waals surface area contributed by atoms with Gasteiger partial charge in [-0.05, 0) is 29.8 Å². The van der Waals surface area contributed by atoms with Crippen LogP contribution in [0.15, 0.2) is 72.8 Å². The number of ether oxygens (including phenoxy) is 2. The fourth-order valence-corrected chi connectivity index (χ4v) is 3.20. The van der Waals surface area contributed by atoms with Gasteiger partial charge in [0, 0.05) is 18.3 Å². The van der Waals surface area contributed by atoms with Gasteiger partial charge in [-0.3, -0.25) is 10.1 Å². The summed E-state index contributed by atoms with van der Waals surface area (Å²) in [7, 11) is 2.42. The molecule has 0 heterocycles. The summed E-state index contributed by atoms with van der Waals surface area (Å²) >= 11 is 0. The normalized spacial score (nSPS) is 10.3. The van der Waals surface area contributed by atoms with E-state index in [2.05, 4.69) is 0 Å². The summed E-state index contributed by atoms with van der Waals surface area (Å²) in [6.45, 7) is 0.296. The maximum Gasteiger partial charge on any atom is 0.338 e. The molecule has 0 aromatic heterocycles. The van der Waals surface area contributed by atoms with Gasteiger partial charge in [0.05, 0.1) is 30.3 Å². The zero-order valence-corrected chi connectivity index (χ0v) is 17.0. The van der Waals surface area contributed by atoms with Gasteiger partial charge in [-0.25, -0.2) is 9.59 Å². The fraction of sp³-hybridized carbons (Fsp3) is 0.130. The monoisotopic (exact) mass is 420 g/mol. The van der Waals surface area contributed by atoms with Crippen LogP contribution in [0.4, 0.5) is 17.1 Å². The first kappa shape index (κ1) is 21.5. The number of nitro benzene ring substituents is 1. The third-order valence-electron chi connectivity index (χ3n) is 4.68. The van der Waals surface area contributed by atoms with Crippen molar-refractivity contribution >= 4 is 29.0 Å². The van der Waals surface area contributed by atoms with E-state index in [1.807, 2.05) is 30.3 Å². The molecule has 31 heavy (non-hydrogen) atoms. The number of esters is 2. The van der Waals surface area contributed by atoms with Crippen LogP contribution in [0.3, 0.4) is 0 Å². The second-order valence-corrected chi connectivity index (χ2v) is 6.53. The highest BCUT2D eigenvalue weighted by Gasteiger charge is 2.24. The highest BCUT2D eigenvalue weighted by atomic mass is 16.6. The van der Waals surface area contributed by atoms with Gasteiger partial charge < -0.3 is 14.4 Å². The van der Waals surface area contributed by atoms with E-state index in [9.17, 15) is 19.7 Å². The van der Waals surface area contributed by atoms with Crippen LogP contribution < -0.4 is 4.90 Å². The number of nitrogens with zero attached hydrogens (tertiary/aromatic N) is 2. The molecule has 0 aliphatic heterocycles. The van der Waals surface area contributed by atoms with E-state index in [-0.39, 0.29) is 16.8 Å². The largest absolute Gasteiger partial charge is 0.465 e. The van der Waals surface area contributed by atoms with Crippen molar-refractivity contribution < 1.29 is 24.0 Å². The van der Waals surface area contributed by atoms with Crippen molar-refractivity contribution in [3.63, 3.8) is 0 Å². The molecule has 3 rings (SSSR count). The quantitative estimate of drug-likeness (QED) is 0.315. The summed E-state index contributed by atoms with van der Waals surface area (Å²) < 4.78 is 9.57. The van der Waals surface area contributed by atoms with E-state index in [0.29, 0.717) is 17.9 Å². The fourth-order valence-electron chi connectivity index (χ4n) is 3.20. The number of carbonyl (C=O) groups excluding carboxylic acids is 2. The Morgan fingerprint density at radius 3 is 2.13 bits per heavy atom. The van der Waals surface area contributed by atoms with Crippen LogP contribution in [0.5, 0.6) is 0 Å². The molecular formula is C23H20N2O6. The standard InChI is InChI=1S/C23H20N2O6/c1-30-22(26)18-13-12-17(14-19(18)23(27)31-2)24(15-16-8-4-3-5-9-16)20-10-6-7-11-21(20)25(28)29/h3-14H,15H2,1-2H3.